The SMILES string of the molecule is CCn1c(SCCC(=O)[O-])nc2c1c(=O)[nH]c(=O)n2C. The van der Waals surface area contributed by atoms with Crippen LogP contribution in [-0.2, 0) is 18.4 Å². The highest BCUT2D eigenvalue weighted by Crippen LogP contribution is 2.21. The summed E-state index contributed by atoms with van der Waals surface area (Å²) in [4.78, 5) is 40.3. The Morgan fingerprint density at radius 2 is 2.15 bits per heavy atom. The van der Waals surface area contributed by atoms with Crippen molar-refractivity contribution in [1.82, 2.24) is 19.1 Å². The van der Waals surface area contributed by atoms with E-state index in [1.807, 2.05) is 6.92 Å². The van der Waals surface area contributed by atoms with Gasteiger partial charge < -0.3 is 14.5 Å². The van der Waals surface area contributed by atoms with E-state index in [2.05, 4.69) is 9.97 Å². The van der Waals surface area contributed by atoms with Gasteiger partial charge in [-0.05, 0) is 13.3 Å². The maximum absolute atomic E-state index is 11.9. The van der Waals surface area contributed by atoms with Gasteiger partial charge in [0.2, 0.25) is 0 Å². The van der Waals surface area contributed by atoms with Crippen molar-refractivity contribution in [3.8, 4) is 0 Å². The summed E-state index contributed by atoms with van der Waals surface area (Å²) >= 11 is 1.21. The van der Waals surface area contributed by atoms with Crippen LogP contribution in [0, 0.1) is 0 Å². The fourth-order valence-corrected chi connectivity index (χ4v) is 2.82. The molecular weight excluding hydrogens is 284 g/mol. The maximum Gasteiger partial charge on any atom is 0.329 e. The predicted octanol–water partition coefficient (Wildman–Crippen LogP) is -1.32. The Hall–Kier alpha value is -2.03. The van der Waals surface area contributed by atoms with Gasteiger partial charge in [-0.15, -0.1) is 0 Å². The van der Waals surface area contributed by atoms with Gasteiger partial charge in [-0.25, -0.2) is 9.78 Å². The molecule has 8 nitrogen and oxygen atoms in total. The Bertz CT molecular complexity index is 773. The minimum Gasteiger partial charge on any atom is -0.550 e. The van der Waals surface area contributed by atoms with Crippen molar-refractivity contribution in [2.24, 2.45) is 7.05 Å². The third kappa shape index (κ3) is 2.48. The Kier molecular flexibility index (Phi) is 3.98. The molecule has 2 aromatic heterocycles. The fourth-order valence-electron chi connectivity index (χ4n) is 1.84. The van der Waals surface area contributed by atoms with Gasteiger partial charge in [0.1, 0.15) is 0 Å². The van der Waals surface area contributed by atoms with E-state index in [1.165, 1.54) is 23.4 Å². The highest BCUT2D eigenvalue weighted by atomic mass is 32.2. The van der Waals surface area contributed by atoms with Crippen LogP contribution >= 0.6 is 11.8 Å². The average Bonchev–Trinajstić information content (AvgIpc) is 2.75. The molecule has 0 fully saturated rings. The number of fused-ring (bicyclic) bond motifs is 1. The highest BCUT2D eigenvalue weighted by molar-refractivity contribution is 7.99. The molecule has 0 saturated carbocycles. The molecule has 108 valence electrons. The number of aryl methyl sites for hydroxylation is 2. The molecule has 0 radical (unpaired) electrons. The maximum atomic E-state index is 11.9. The molecule has 0 aromatic carbocycles. The number of H-pyrrole nitrogens is 1. The lowest BCUT2D eigenvalue weighted by atomic mass is 10.5. The van der Waals surface area contributed by atoms with E-state index in [9.17, 15) is 19.5 Å². The van der Waals surface area contributed by atoms with Crippen LogP contribution in [0.3, 0.4) is 0 Å². The van der Waals surface area contributed by atoms with Crippen LogP contribution in [0.5, 0.6) is 0 Å². The molecule has 0 atom stereocenters. The summed E-state index contributed by atoms with van der Waals surface area (Å²) in [6, 6.07) is 0. The third-order valence-corrected chi connectivity index (χ3v) is 3.80. The average molecular weight is 297 g/mol. The molecule has 1 N–H and O–H groups in total. The van der Waals surface area contributed by atoms with E-state index in [0.717, 1.165) is 0 Å². The van der Waals surface area contributed by atoms with E-state index in [1.54, 1.807) is 4.57 Å². The molecule has 2 rings (SSSR count). The number of aromatic nitrogens is 4. The monoisotopic (exact) mass is 297 g/mol. The molecule has 0 saturated heterocycles. The summed E-state index contributed by atoms with van der Waals surface area (Å²) in [7, 11) is 1.52. The number of carboxylic acid groups (broad SMARTS) is 1. The standard InChI is InChI=1S/C11H14N4O4S/c1-3-15-7-8(14(2)10(19)13-9(7)18)12-11(15)20-5-4-6(16)17/h3-5H2,1-2H3,(H,16,17)(H,13,18,19)/p-1. The Morgan fingerprint density at radius 3 is 2.75 bits per heavy atom. The zero-order chi connectivity index (χ0) is 14.9. The summed E-state index contributed by atoms with van der Waals surface area (Å²) < 4.78 is 2.92. The molecule has 20 heavy (non-hydrogen) atoms. The lowest BCUT2D eigenvalue weighted by Gasteiger charge is -2.05. The van der Waals surface area contributed by atoms with Crippen molar-refractivity contribution < 1.29 is 9.90 Å². The van der Waals surface area contributed by atoms with E-state index in [-0.39, 0.29) is 17.8 Å². The normalized spacial score (nSPS) is 11.1. The van der Waals surface area contributed by atoms with Gasteiger partial charge in [-0.3, -0.25) is 14.3 Å². The molecule has 0 amide bonds. The summed E-state index contributed by atoms with van der Waals surface area (Å²) in [5, 5.41) is 10.9. The number of hydrogen-bond acceptors (Lipinski definition) is 6. The number of nitrogens with zero attached hydrogens (tertiary/aromatic N) is 3. The van der Waals surface area contributed by atoms with E-state index >= 15 is 0 Å². The molecule has 0 aliphatic carbocycles. The number of thioether (sulfide) groups is 1. The van der Waals surface area contributed by atoms with E-state index in [4.69, 9.17) is 0 Å². The Labute approximate surface area is 117 Å². The third-order valence-electron chi connectivity index (χ3n) is 2.83. The lowest BCUT2D eigenvalue weighted by Crippen LogP contribution is -2.29. The predicted molar refractivity (Wildman–Crippen MR) is 71.6 cm³/mol. The van der Waals surface area contributed by atoms with Crippen LogP contribution in [0.1, 0.15) is 13.3 Å². The Morgan fingerprint density at radius 1 is 1.45 bits per heavy atom. The van der Waals surface area contributed by atoms with Gasteiger partial charge in [0.05, 0.1) is 0 Å². The molecule has 0 aliphatic heterocycles. The van der Waals surface area contributed by atoms with E-state index in [0.29, 0.717) is 17.2 Å². The van der Waals surface area contributed by atoms with Gasteiger partial charge in [0, 0.05) is 25.3 Å². The topological polar surface area (TPSA) is 113 Å². The molecule has 9 heteroatoms. The number of carbonyl (C=O) groups excluding carboxylic acids is 1. The molecule has 0 aliphatic rings. The van der Waals surface area contributed by atoms with Crippen LogP contribution in [0.25, 0.3) is 11.2 Å². The van der Waals surface area contributed by atoms with Gasteiger partial charge in [-0.2, -0.15) is 0 Å². The van der Waals surface area contributed by atoms with Crippen LogP contribution < -0.4 is 16.4 Å². The van der Waals surface area contributed by atoms with Crippen molar-refractivity contribution in [3.05, 3.63) is 20.8 Å². The van der Waals surface area contributed by atoms with Crippen molar-refractivity contribution in [2.75, 3.05) is 5.75 Å². The molecule has 2 heterocycles. The van der Waals surface area contributed by atoms with Crippen molar-refractivity contribution in [1.29, 1.82) is 0 Å². The van der Waals surface area contributed by atoms with E-state index < -0.39 is 17.2 Å². The first kappa shape index (κ1) is 14.4. The second kappa shape index (κ2) is 5.53. The van der Waals surface area contributed by atoms with Crippen LogP contribution in [0.4, 0.5) is 0 Å². The first-order chi connectivity index (χ1) is 9.45. The number of imidazole rings is 1. The zero-order valence-corrected chi connectivity index (χ0v) is 11.8. The van der Waals surface area contributed by atoms with Crippen molar-refractivity contribution in [2.45, 2.75) is 25.0 Å². The van der Waals surface area contributed by atoms with Gasteiger partial charge in [0.25, 0.3) is 5.56 Å². The number of rotatable bonds is 5. The minimum absolute atomic E-state index is 0.104. The molecular formula is C11H13N4O4S-. The van der Waals surface area contributed by atoms with Crippen LogP contribution in [-0.4, -0.2) is 30.8 Å². The molecule has 2 aromatic rings. The van der Waals surface area contributed by atoms with Crippen LogP contribution in [0.2, 0.25) is 0 Å². The smallest absolute Gasteiger partial charge is 0.329 e. The number of carbonyl (C=O) groups is 1. The van der Waals surface area contributed by atoms with Gasteiger partial charge in [0.15, 0.2) is 16.3 Å². The number of aromatic amines is 1. The van der Waals surface area contributed by atoms with Gasteiger partial charge >= 0.3 is 5.69 Å². The summed E-state index contributed by atoms with van der Waals surface area (Å²) in [5.41, 5.74) is -0.430. The zero-order valence-electron chi connectivity index (χ0n) is 11.0. The molecule has 0 spiro atoms. The largest absolute Gasteiger partial charge is 0.550 e. The molecule has 0 bridgehead atoms. The minimum atomic E-state index is -1.14. The Balaban J connectivity index is 2.54. The summed E-state index contributed by atoms with van der Waals surface area (Å²) in [6.07, 6.45) is -0.104. The second-order valence-corrected chi connectivity index (χ2v) is 5.16. The fraction of sp³-hybridized carbons (Fsp3) is 0.455. The van der Waals surface area contributed by atoms with Gasteiger partial charge in [-0.1, -0.05) is 11.8 Å². The first-order valence-electron chi connectivity index (χ1n) is 5.98. The number of carboxylic acids is 1. The summed E-state index contributed by atoms with van der Waals surface area (Å²) in [5.74, 6) is -0.848. The second-order valence-electron chi connectivity index (χ2n) is 4.10. The number of aliphatic carboxylic acids is 1. The number of hydrogen-bond donors (Lipinski definition) is 1. The lowest BCUT2D eigenvalue weighted by molar-refractivity contribution is -0.305. The molecule has 0 unspecified atom stereocenters. The highest BCUT2D eigenvalue weighted by Gasteiger charge is 2.16. The van der Waals surface area contributed by atoms with Crippen molar-refractivity contribution in [3.63, 3.8) is 0 Å². The summed E-state index contributed by atoms with van der Waals surface area (Å²) in [6.45, 7) is 2.33. The quantitative estimate of drug-likeness (QED) is 0.685. The first-order valence-corrected chi connectivity index (χ1v) is 6.96. The number of nitrogens with one attached hydrogen (secondary N) is 1. The van der Waals surface area contributed by atoms with Crippen LogP contribution in [0.15, 0.2) is 14.7 Å². The van der Waals surface area contributed by atoms with Crippen molar-refractivity contribution >= 4 is 28.9 Å².